The monoisotopic (exact) mass is 291 g/mol. The molecule has 9 heteroatoms. The van der Waals surface area contributed by atoms with Crippen LogP contribution in [0.2, 0.25) is 0 Å². The van der Waals surface area contributed by atoms with Crippen LogP contribution in [0.15, 0.2) is 18.2 Å². The summed E-state index contributed by atoms with van der Waals surface area (Å²) in [5, 5.41) is 0. The Morgan fingerprint density at radius 3 is 1.74 bits per heavy atom. The van der Waals surface area contributed by atoms with Crippen molar-refractivity contribution in [2.45, 2.75) is 23.7 Å². The molecule has 2 N–H and O–H groups in total. The lowest BCUT2D eigenvalue weighted by atomic mass is 9.79. The quantitative estimate of drug-likeness (QED) is 0.572. The first-order valence-corrected chi connectivity index (χ1v) is 4.79. The number of nitrogen functional groups attached to an aromatic ring is 1. The fraction of sp³-hybridized carbons (Fsp3) is 0.400. The SMILES string of the molecule is Nc1cccc2c1C(F)(F)C(F)(F)C(F)(F)C2(F)F. The van der Waals surface area contributed by atoms with E-state index in [0.717, 1.165) is 0 Å². The van der Waals surface area contributed by atoms with Gasteiger partial charge in [-0.1, -0.05) is 12.1 Å². The molecule has 1 aliphatic rings. The Labute approximate surface area is 101 Å². The van der Waals surface area contributed by atoms with E-state index in [1.807, 2.05) is 0 Å². The molecule has 1 aliphatic carbocycles. The second kappa shape index (κ2) is 3.31. The number of fused-ring (bicyclic) bond motifs is 1. The van der Waals surface area contributed by atoms with Gasteiger partial charge in [-0.3, -0.25) is 0 Å². The van der Waals surface area contributed by atoms with Gasteiger partial charge in [-0.25, -0.2) is 0 Å². The van der Waals surface area contributed by atoms with Gasteiger partial charge in [-0.05, 0) is 6.07 Å². The lowest BCUT2D eigenvalue weighted by Gasteiger charge is -2.43. The third kappa shape index (κ3) is 1.30. The molecule has 1 nitrogen and oxygen atoms in total. The lowest BCUT2D eigenvalue weighted by Crippen LogP contribution is -2.64. The molecule has 0 heterocycles. The summed E-state index contributed by atoms with van der Waals surface area (Å²) in [7, 11) is 0. The Kier molecular flexibility index (Phi) is 2.42. The minimum absolute atomic E-state index is 0.225. The van der Waals surface area contributed by atoms with Crippen LogP contribution in [-0.4, -0.2) is 11.8 Å². The van der Waals surface area contributed by atoms with Crippen LogP contribution in [0.5, 0.6) is 0 Å². The molecule has 0 radical (unpaired) electrons. The molecule has 0 atom stereocenters. The zero-order valence-corrected chi connectivity index (χ0v) is 8.83. The lowest BCUT2D eigenvalue weighted by molar-refractivity contribution is -0.386. The summed E-state index contributed by atoms with van der Waals surface area (Å²) in [6.45, 7) is 0. The molecular formula is C10H5F8N. The van der Waals surface area contributed by atoms with Crippen LogP contribution in [0.1, 0.15) is 11.1 Å². The van der Waals surface area contributed by atoms with Crippen molar-refractivity contribution in [2.75, 3.05) is 5.73 Å². The van der Waals surface area contributed by atoms with Gasteiger partial charge in [-0.2, -0.15) is 35.1 Å². The summed E-state index contributed by atoms with van der Waals surface area (Å²) in [5.74, 6) is -23.4. The van der Waals surface area contributed by atoms with E-state index in [0.29, 0.717) is 12.1 Å². The molecule has 0 amide bonds. The van der Waals surface area contributed by atoms with Gasteiger partial charge in [0, 0.05) is 11.3 Å². The number of hydrogen-bond donors (Lipinski definition) is 1. The Balaban J connectivity index is 2.93. The Hall–Kier alpha value is -1.54. The molecule has 0 unspecified atom stereocenters. The van der Waals surface area contributed by atoms with Crippen LogP contribution in [0.3, 0.4) is 0 Å². The predicted octanol–water partition coefficient (Wildman–Crippen LogP) is 3.74. The van der Waals surface area contributed by atoms with Crippen LogP contribution in [0.25, 0.3) is 0 Å². The van der Waals surface area contributed by atoms with E-state index in [4.69, 9.17) is 5.73 Å². The van der Waals surface area contributed by atoms with Gasteiger partial charge in [-0.15, -0.1) is 0 Å². The highest BCUT2D eigenvalue weighted by molar-refractivity contribution is 5.58. The van der Waals surface area contributed by atoms with Gasteiger partial charge in [0.25, 0.3) is 0 Å². The van der Waals surface area contributed by atoms with Crippen LogP contribution in [0.4, 0.5) is 40.8 Å². The molecule has 0 fully saturated rings. The molecule has 1 aromatic carbocycles. The first-order valence-electron chi connectivity index (χ1n) is 4.79. The van der Waals surface area contributed by atoms with Crippen LogP contribution in [0, 0.1) is 0 Å². The van der Waals surface area contributed by atoms with E-state index in [2.05, 4.69) is 0 Å². The van der Waals surface area contributed by atoms with Gasteiger partial charge >= 0.3 is 23.7 Å². The average molecular weight is 291 g/mol. The first-order chi connectivity index (χ1) is 8.39. The summed E-state index contributed by atoms with van der Waals surface area (Å²) in [6, 6.07) is 1.59. The molecule has 0 aliphatic heterocycles. The molecule has 2 rings (SSSR count). The van der Waals surface area contributed by atoms with Gasteiger partial charge in [0.2, 0.25) is 0 Å². The van der Waals surface area contributed by atoms with Crippen LogP contribution >= 0.6 is 0 Å². The third-order valence-corrected chi connectivity index (χ3v) is 2.93. The summed E-state index contributed by atoms with van der Waals surface area (Å²) in [6.07, 6.45) is 0. The highest BCUT2D eigenvalue weighted by Crippen LogP contribution is 2.65. The zero-order chi connectivity index (χ0) is 14.9. The fourth-order valence-electron chi connectivity index (χ4n) is 1.90. The van der Waals surface area contributed by atoms with Crippen molar-refractivity contribution in [1.82, 2.24) is 0 Å². The molecule has 0 aromatic heterocycles. The van der Waals surface area contributed by atoms with Crippen molar-refractivity contribution >= 4 is 5.69 Å². The first kappa shape index (κ1) is 13.9. The number of anilines is 1. The van der Waals surface area contributed by atoms with Gasteiger partial charge in [0.05, 0.1) is 5.56 Å². The van der Waals surface area contributed by atoms with E-state index in [1.165, 1.54) is 0 Å². The van der Waals surface area contributed by atoms with E-state index < -0.39 is 40.5 Å². The summed E-state index contributed by atoms with van der Waals surface area (Å²) >= 11 is 0. The van der Waals surface area contributed by atoms with Gasteiger partial charge < -0.3 is 5.73 Å². The van der Waals surface area contributed by atoms with Crippen LogP contribution < -0.4 is 5.73 Å². The number of alkyl halides is 8. The zero-order valence-electron chi connectivity index (χ0n) is 8.83. The van der Waals surface area contributed by atoms with E-state index in [1.54, 1.807) is 0 Å². The second-order valence-electron chi connectivity index (χ2n) is 4.07. The topological polar surface area (TPSA) is 26.0 Å². The number of rotatable bonds is 0. The van der Waals surface area contributed by atoms with E-state index in [9.17, 15) is 35.1 Å². The maximum absolute atomic E-state index is 13.4. The minimum atomic E-state index is -6.26. The maximum atomic E-state index is 13.4. The Morgan fingerprint density at radius 1 is 0.737 bits per heavy atom. The predicted molar refractivity (Wildman–Crippen MR) is 48.5 cm³/mol. The molecular weight excluding hydrogens is 286 g/mol. The van der Waals surface area contributed by atoms with Crippen LogP contribution in [-0.2, 0) is 11.8 Å². The van der Waals surface area contributed by atoms with E-state index >= 15 is 0 Å². The molecule has 19 heavy (non-hydrogen) atoms. The molecule has 1 aromatic rings. The van der Waals surface area contributed by atoms with Crippen molar-refractivity contribution in [2.24, 2.45) is 0 Å². The highest BCUT2D eigenvalue weighted by Gasteiger charge is 2.85. The summed E-state index contributed by atoms with van der Waals surface area (Å²) < 4.78 is 106. The minimum Gasteiger partial charge on any atom is -0.398 e. The normalized spacial score (nSPS) is 25.7. The highest BCUT2D eigenvalue weighted by atomic mass is 19.4. The van der Waals surface area contributed by atoms with Crippen molar-refractivity contribution in [3.05, 3.63) is 29.3 Å². The second-order valence-corrected chi connectivity index (χ2v) is 4.07. The number of benzene rings is 1. The van der Waals surface area contributed by atoms with Crippen molar-refractivity contribution in [1.29, 1.82) is 0 Å². The molecule has 0 spiro atoms. The third-order valence-electron chi connectivity index (χ3n) is 2.93. The number of halogens is 8. The van der Waals surface area contributed by atoms with Crippen molar-refractivity contribution in [3.8, 4) is 0 Å². The van der Waals surface area contributed by atoms with Gasteiger partial charge in [0.1, 0.15) is 0 Å². The molecule has 0 saturated heterocycles. The van der Waals surface area contributed by atoms with Crippen molar-refractivity contribution < 1.29 is 35.1 Å². The summed E-state index contributed by atoms with van der Waals surface area (Å²) in [5.41, 5.74) is -0.000557. The molecule has 0 saturated carbocycles. The van der Waals surface area contributed by atoms with Gasteiger partial charge in [0.15, 0.2) is 0 Å². The Morgan fingerprint density at radius 2 is 1.21 bits per heavy atom. The largest absolute Gasteiger partial charge is 0.398 e. The van der Waals surface area contributed by atoms with E-state index in [-0.39, 0.29) is 6.07 Å². The maximum Gasteiger partial charge on any atom is 0.383 e. The molecule has 106 valence electrons. The average Bonchev–Trinajstić information content (AvgIpc) is 2.26. The number of hydrogen-bond acceptors (Lipinski definition) is 1. The standard InChI is InChI=1S/C10H5F8N/c11-7(12)4-2-1-3-5(19)6(4)8(13,14)10(17,18)9(7,15)16/h1-3H,19H2. The Bertz CT molecular complexity index is 536. The fourth-order valence-corrected chi connectivity index (χ4v) is 1.90. The van der Waals surface area contributed by atoms with Crippen molar-refractivity contribution in [3.63, 3.8) is 0 Å². The molecule has 0 bridgehead atoms. The smallest absolute Gasteiger partial charge is 0.383 e. The summed E-state index contributed by atoms with van der Waals surface area (Å²) in [4.78, 5) is 0. The number of nitrogens with two attached hydrogens (primary N) is 1.